The number of hydrogen-bond acceptors (Lipinski definition) is 6. The first-order valence-electron chi connectivity index (χ1n) is 10.9. The molecule has 0 atom stereocenters. The monoisotopic (exact) mass is 444 g/mol. The summed E-state index contributed by atoms with van der Waals surface area (Å²) in [5.41, 5.74) is 0. The van der Waals surface area contributed by atoms with Gasteiger partial charge in [-0.25, -0.2) is 0 Å². The Bertz CT molecular complexity index is 763. The third-order valence-corrected chi connectivity index (χ3v) is 7.76. The molecule has 0 saturated carbocycles. The van der Waals surface area contributed by atoms with Crippen LogP contribution < -0.4 is 0 Å². The van der Waals surface area contributed by atoms with E-state index in [-0.39, 0.29) is 23.1 Å². The second kappa shape index (κ2) is 11.5. The predicted molar refractivity (Wildman–Crippen MR) is 121 cm³/mol. The first-order chi connectivity index (χ1) is 14.5. The summed E-state index contributed by atoms with van der Waals surface area (Å²) in [6, 6.07) is 7.09. The molecule has 0 saturated heterocycles. The minimum absolute atomic E-state index is 0.105. The fourth-order valence-corrected chi connectivity index (χ4v) is 5.50. The highest BCUT2D eigenvalue weighted by molar-refractivity contribution is 7.16. The number of carbonyl (C=O) groups excluding carboxylic acids is 4. The van der Waals surface area contributed by atoms with E-state index in [1.54, 1.807) is 24.3 Å². The van der Waals surface area contributed by atoms with Gasteiger partial charge in [-0.1, -0.05) is 25.7 Å². The minimum Gasteiger partial charge on any atom is -0.293 e. The van der Waals surface area contributed by atoms with Crippen LogP contribution in [0.5, 0.6) is 0 Å². The van der Waals surface area contributed by atoms with Crippen molar-refractivity contribution in [2.24, 2.45) is 0 Å². The van der Waals surface area contributed by atoms with E-state index >= 15 is 0 Å². The number of fused-ring (bicyclic) bond motifs is 4. The molecule has 6 heteroatoms. The van der Waals surface area contributed by atoms with Crippen LogP contribution in [-0.4, -0.2) is 23.1 Å². The molecule has 0 unspecified atom stereocenters. The molecule has 0 N–H and O–H groups in total. The summed E-state index contributed by atoms with van der Waals surface area (Å²) in [6.07, 6.45) is 8.76. The molecule has 0 aromatic carbocycles. The number of Topliss-reactive ketones (excluding diaryl/α,β-unsaturated/α-hetero) is 4. The zero-order chi connectivity index (χ0) is 21.3. The Morgan fingerprint density at radius 2 is 0.633 bits per heavy atom. The van der Waals surface area contributed by atoms with E-state index in [4.69, 9.17) is 0 Å². The molecular formula is C24H28O4S2. The third kappa shape index (κ3) is 6.54. The first-order valence-corrected chi connectivity index (χ1v) is 12.5. The molecule has 3 heterocycles. The Morgan fingerprint density at radius 1 is 0.400 bits per heavy atom. The summed E-state index contributed by atoms with van der Waals surface area (Å²) < 4.78 is 0. The van der Waals surface area contributed by atoms with E-state index in [9.17, 15) is 19.2 Å². The van der Waals surface area contributed by atoms with E-state index in [2.05, 4.69) is 0 Å². The lowest BCUT2D eigenvalue weighted by Crippen LogP contribution is -1.99. The van der Waals surface area contributed by atoms with Crippen molar-refractivity contribution in [3.05, 3.63) is 43.8 Å². The maximum absolute atomic E-state index is 12.4. The fraction of sp³-hybridized carbons (Fsp3) is 0.500. The van der Waals surface area contributed by atoms with E-state index in [1.807, 2.05) is 0 Å². The quantitative estimate of drug-likeness (QED) is 0.441. The van der Waals surface area contributed by atoms with Crippen molar-refractivity contribution >= 4 is 45.8 Å². The molecule has 30 heavy (non-hydrogen) atoms. The van der Waals surface area contributed by atoms with Crippen LogP contribution >= 0.6 is 22.7 Å². The lowest BCUT2D eigenvalue weighted by molar-refractivity contribution is 0.0968. The van der Waals surface area contributed by atoms with Gasteiger partial charge in [0, 0.05) is 25.7 Å². The van der Waals surface area contributed by atoms with Crippen LogP contribution in [0.25, 0.3) is 0 Å². The van der Waals surface area contributed by atoms with Crippen LogP contribution in [-0.2, 0) is 0 Å². The minimum atomic E-state index is 0.105. The number of thiophene rings is 2. The molecule has 160 valence electrons. The summed E-state index contributed by atoms with van der Waals surface area (Å²) in [5.74, 6) is 0.419. The van der Waals surface area contributed by atoms with Gasteiger partial charge in [0.15, 0.2) is 23.1 Å². The lowest BCUT2D eigenvalue weighted by atomic mass is 10.1. The molecule has 0 fully saturated rings. The van der Waals surface area contributed by atoms with Crippen LogP contribution in [0, 0.1) is 0 Å². The summed E-state index contributed by atoms with van der Waals surface area (Å²) >= 11 is 2.62. The van der Waals surface area contributed by atoms with Crippen LogP contribution in [0.1, 0.15) is 116 Å². The molecule has 0 amide bonds. The standard InChI is InChI=1S/C24H28O4S2/c25-17-9-5-1-2-6-10-18(26)22-15-16-24(30-22)20(28)12-8-4-3-7-11-19(27)23-14-13-21(17)29-23/h13-16H,1-12H2. The Morgan fingerprint density at radius 3 is 0.867 bits per heavy atom. The topological polar surface area (TPSA) is 68.3 Å². The zero-order valence-electron chi connectivity index (χ0n) is 17.2. The molecular weight excluding hydrogens is 416 g/mol. The van der Waals surface area contributed by atoms with Gasteiger partial charge in [0.25, 0.3) is 0 Å². The molecule has 4 bridgehead atoms. The average molecular weight is 445 g/mol. The second-order valence-electron chi connectivity index (χ2n) is 7.85. The molecule has 1 aliphatic heterocycles. The van der Waals surface area contributed by atoms with E-state index in [1.165, 1.54) is 22.7 Å². The van der Waals surface area contributed by atoms with Crippen molar-refractivity contribution in [3.8, 4) is 0 Å². The molecule has 1 aliphatic rings. The Labute approximate surface area is 185 Å². The molecule has 0 radical (unpaired) electrons. The number of rotatable bonds is 0. The summed E-state index contributed by atoms with van der Waals surface area (Å²) in [6.45, 7) is 0. The second-order valence-corrected chi connectivity index (χ2v) is 10.0. The molecule has 2 aromatic heterocycles. The highest BCUT2D eigenvalue weighted by atomic mass is 32.1. The Hall–Kier alpha value is -1.92. The van der Waals surface area contributed by atoms with Gasteiger partial charge in [-0.05, 0) is 49.9 Å². The summed E-state index contributed by atoms with van der Waals surface area (Å²) in [5, 5.41) is 0. The van der Waals surface area contributed by atoms with Crippen molar-refractivity contribution in [1.29, 1.82) is 0 Å². The van der Waals surface area contributed by atoms with Crippen molar-refractivity contribution in [1.82, 2.24) is 0 Å². The molecule has 4 nitrogen and oxygen atoms in total. The van der Waals surface area contributed by atoms with Gasteiger partial charge < -0.3 is 0 Å². The van der Waals surface area contributed by atoms with Gasteiger partial charge in [0.05, 0.1) is 19.5 Å². The van der Waals surface area contributed by atoms with Gasteiger partial charge >= 0.3 is 0 Å². The molecule has 2 aromatic rings. The number of hydrogen-bond donors (Lipinski definition) is 0. The van der Waals surface area contributed by atoms with Gasteiger partial charge in [-0.2, -0.15) is 0 Å². The van der Waals surface area contributed by atoms with Gasteiger partial charge in [-0.15, -0.1) is 22.7 Å². The Balaban J connectivity index is 1.60. The van der Waals surface area contributed by atoms with E-state index in [0.29, 0.717) is 45.2 Å². The van der Waals surface area contributed by atoms with Crippen molar-refractivity contribution in [2.45, 2.75) is 77.0 Å². The summed E-state index contributed by atoms with van der Waals surface area (Å²) in [7, 11) is 0. The highest BCUT2D eigenvalue weighted by Gasteiger charge is 2.15. The van der Waals surface area contributed by atoms with E-state index < -0.39 is 0 Å². The normalized spacial score (nSPS) is 18.7. The molecule has 0 spiro atoms. The first kappa shape index (κ1) is 22.8. The van der Waals surface area contributed by atoms with Gasteiger partial charge in [-0.3, -0.25) is 19.2 Å². The van der Waals surface area contributed by atoms with Crippen LogP contribution in [0.4, 0.5) is 0 Å². The van der Waals surface area contributed by atoms with Crippen molar-refractivity contribution < 1.29 is 19.2 Å². The van der Waals surface area contributed by atoms with Crippen LogP contribution in [0.15, 0.2) is 24.3 Å². The highest BCUT2D eigenvalue weighted by Crippen LogP contribution is 2.24. The van der Waals surface area contributed by atoms with Crippen molar-refractivity contribution in [2.75, 3.05) is 0 Å². The zero-order valence-corrected chi connectivity index (χ0v) is 18.9. The van der Waals surface area contributed by atoms with Crippen molar-refractivity contribution in [3.63, 3.8) is 0 Å². The van der Waals surface area contributed by atoms with Gasteiger partial charge in [0.2, 0.25) is 0 Å². The third-order valence-electron chi connectivity index (χ3n) is 5.43. The lowest BCUT2D eigenvalue weighted by Gasteiger charge is -2.02. The average Bonchev–Trinajstić information content (AvgIpc) is 3.42. The number of carbonyl (C=O) groups is 4. The van der Waals surface area contributed by atoms with Crippen LogP contribution in [0.3, 0.4) is 0 Å². The van der Waals surface area contributed by atoms with Crippen LogP contribution in [0.2, 0.25) is 0 Å². The Kier molecular flexibility index (Phi) is 8.70. The van der Waals surface area contributed by atoms with E-state index in [0.717, 1.165) is 51.4 Å². The smallest absolute Gasteiger partial charge is 0.172 e. The molecule has 3 rings (SSSR count). The molecule has 0 aliphatic carbocycles. The SMILES string of the molecule is O=C1CCCCCCC(=O)c2ccc(s2)C(=O)CCCCCCC(=O)c2ccc1s2. The predicted octanol–water partition coefficient (Wildman–Crippen LogP) is 6.94. The number of ketones is 4. The maximum atomic E-state index is 12.4. The largest absolute Gasteiger partial charge is 0.293 e. The summed E-state index contributed by atoms with van der Waals surface area (Å²) in [4.78, 5) is 52.1. The maximum Gasteiger partial charge on any atom is 0.172 e. The fourth-order valence-electron chi connectivity index (χ4n) is 3.62. The van der Waals surface area contributed by atoms with Gasteiger partial charge in [0.1, 0.15) is 0 Å².